The average molecular weight is 457 g/mol. The summed E-state index contributed by atoms with van der Waals surface area (Å²) in [6, 6.07) is -2.29. The van der Waals surface area contributed by atoms with Crippen LogP contribution in [0.25, 0.3) is 0 Å². The normalized spacial score (nSPS) is 13.4. The van der Waals surface area contributed by atoms with Crippen molar-refractivity contribution in [2.24, 2.45) is 22.2 Å². The lowest BCUT2D eigenvalue weighted by atomic mass is 10.1. The van der Waals surface area contributed by atoms with Gasteiger partial charge in [-0.1, -0.05) is 6.92 Å². The van der Waals surface area contributed by atoms with E-state index in [4.69, 9.17) is 17.2 Å². The van der Waals surface area contributed by atoms with Crippen LogP contribution in [0, 0.1) is 0 Å². The zero-order valence-corrected chi connectivity index (χ0v) is 19.4. The van der Waals surface area contributed by atoms with Gasteiger partial charge in [0.1, 0.15) is 12.1 Å². The van der Waals surface area contributed by atoms with Gasteiger partial charge in [0, 0.05) is 13.5 Å². The molecular weight excluding hydrogens is 416 g/mol. The van der Waals surface area contributed by atoms with Crippen LogP contribution in [0.1, 0.15) is 59.3 Å². The first-order valence-corrected chi connectivity index (χ1v) is 11.0. The molecule has 0 bridgehead atoms. The summed E-state index contributed by atoms with van der Waals surface area (Å²) < 4.78 is 0. The average Bonchev–Trinajstić information content (AvgIpc) is 2.71. The molecule has 10 N–H and O–H groups in total. The summed E-state index contributed by atoms with van der Waals surface area (Å²) in [6.45, 7) is 6.21. The predicted molar refractivity (Wildman–Crippen MR) is 123 cm³/mol. The van der Waals surface area contributed by atoms with Crippen LogP contribution < -0.4 is 38.5 Å². The lowest BCUT2D eigenvalue weighted by Crippen LogP contribution is -2.55. The van der Waals surface area contributed by atoms with Gasteiger partial charge in [-0.2, -0.15) is 0 Å². The fraction of sp³-hybridized carbons (Fsp3) is 0.750. The van der Waals surface area contributed by atoms with E-state index in [1.165, 1.54) is 13.8 Å². The number of carbonyl (C=O) groups is 4. The van der Waals surface area contributed by atoms with Crippen molar-refractivity contribution in [3.05, 3.63) is 0 Å². The molecule has 32 heavy (non-hydrogen) atoms. The lowest BCUT2D eigenvalue weighted by Gasteiger charge is -2.23. The smallest absolute Gasteiger partial charge is 0.249 e. The summed E-state index contributed by atoms with van der Waals surface area (Å²) >= 11 is 0. The summed E-state index contributed by atoms with van der Waals surface area (Å²) in [5.41, 5.74) is 16.1. The van der Waals surface area contributed by atoms with Crippen molar-refractivity contribution in [1.29, 1.82) is 0 Å². The molecule has 0 aromatic heterocycles. The highest BCUT2D eigenvalue weighted by Gasteiger charge is 2.26. The standard InChI is InChI=1S/C20H40N8O4/c1-4-11-24-15(9-7-12-25-20(22)23)18(31)26-13(2)17(30)28-16(8-5-6-10-21)19(32)27-14(3)29/h13,15-16,24H,4-12,21H2,1-3H3,(H,26,31)(H,28,30)(H4,22,23,25)(H,27,29,32)/t13-,15-,16-/m0/s1. The third-order valence-corrected chi connectivity index (χ3v) is 4.53. The van der Waals surface area contributed by atoms with Gasteiger partial charge in [0.15, 0.2) is 5.96 Å². The highest BCUT2D eigenvalue weighted by molar-refractivity contribution is 5.99. The quantitative estimate of drug-likeness (QED) is 0.0798. The van der Waals surface area contributed by atoms with Gasteiger partial charge in [0.2, 0.25) is 23.6 Å². The van der Waals surface area contributed by atoms with Crippen LogP contribution in [-0.4, -0.2) is 67.3 Å². The Morgan fingerprint density at radius 3 is 2.12 bits per heavy atom. The molecule has 12 nitrogen and oxygen atoms in total. The monoisotopic (exact) mass is 456 g/mol. The van der Waals surface area contributed by atoms with E-state index >= 15 is 0 Å². The lowest BCUT2D eigenvalue weighted by molar-refractivity contribution is -0.134. The maximum absolute atomic E-state index is 12.7. The summed E-state index contributed by atoms with van der Waals surface area (Å²) in [5, 5.41) is 10.6. The van der Waals surface area contributed by atoms with Crippen molar-refractivity contribution in [3.8, 4) is 0 Å². The molecule has 12 heteroatoms. The highest BCUT2D eigenvalue weighted by atomic mass is 16.2. The number of nitrogens with one attached hydrogen (secondary N) is 4. The summed E-state index contributed by atoms with van der Waals surface area (Å²) in [7, 11) is 0. The van der Waals surface area contributed by atoms with Crippen LogP contribution in [-0.2, 0) is 19.2 Å². The summed E-state index contributed by atoms with van der Waals surface area (Å²) in [5.74, 6) is -1.97. The van der Waals surface area contributed by atoms with Crippen LogP contribution in [0.2, 0.25) is 0 Å². The van der Waals surface area contributed by atoms with E-state index < -0.39 is 35.8 Å². The number of hydrogen-bond acceptors (Lipinski definition) is 7. The molecule has 0 fully saturated rings. The third kappa shape index (κ3) is 13.5. The molecule has 0 aliphatic rings. The van der Waals surface area contributed by atoms with E-state index in [1.54, 1.807) is 0 Å². The zero-order chi connectivity index (χ0) is 24.5. The molecule has 0 saturated heterocycles. The first kappa shape index (κ1) is 29.3. The Kier molecular flexibility index (Phi) is 15.5. The van der Waals surface area contributed by atoms with Gasteiger partial charge in [-0.25, -0.2) is 0 Å². The van der Waals surface area contributed by atoms with Crippen LogP contribution in [0.3, 0.4) is 0 Å². The number of rotatable bonds is 16. The molecular formula is C20H40N8O4. The molecule has 0 radical (unpaired) electrons. The van der Waals surface area contributed by atoms with Crippen molar-refractivity contribution in [2.75, 3.05) is 19.6 Å². The largest absolute Gasteiger partial charge is 0.370 e. The zero-order valence-electron chi connectivity index (χ0n) is 19.4. The van der Waals surface area contributed by atoms with Crippen LogP contribution in [0.5, 0.6) is 0 Å². The maximum atomic E-state index is 12.7. The minimum absolute atomic E-state index is 0.00682. The Morgan fingerprint density at radius 2 is 1.56 bits per heavy atom. The fourth-order valence-electron chi connectivity index (χ4n) is 2.85. The van der Waals surface area contributed by atoms with Crippen LogP contribution >= 0.6 is 0 Å². The fourth-order valence-corrected chi connectivity index (χ4v) is 2.85. The molecule has 0 aromatic carbocycles. The second-order valence-corrected chi connectivity index (χ2v) is 7.58. The topological polar surface area (TPSA) is 207 Å². The molecule has 0 unspecified atom stereocenters. The van der Waals surface area contributed by atoms with Crippen molar-refractivity contribution < 1.29 is 19.2 Å². The van der Waals surface area contributed by atoms with Crippen molar-refractivity contribution in [3.63, 3.8) is 0 Å². The second kappa shape index (κ2) is 16.9. The number of imide groups is 1. The number of carbonyl (C=O) groups excluding carboxylic acids is 4. The first-order valence-electron chi connectivity index (χ1n) is 11.0. The number of amides is 4. The van der Waals surface area contributed by atoms with Crippen molar-refractivity contribution >= 4 is 29.6 Å². The van der Waals surface area contributed by atoms with Crippen molar-refractivity contribution in [1.82, 2.24) is 21.3 Å². The van der Waals surface area contributed by atoms with Gasteiger partial charge in [-0.3, -0.25) is 29.5 Å². The Hall–Kier alpha value is -2.73. The van der Waals surface area contributed by atoms with Crippen LogP contribution in [0.15, 0.2) is 4.99 Å². The van der Waals surface area contributed by atoms with E-state index in [2.05, 4.69) is 26.3 Å². The SMILES string of the molecule is CCCN[C@@H](CCCN=C(N)N)C(=O)N[C@@H](C)C(=O)N[C@@H](CCCCN)C(=O)NC(C)=O. The van der Waals surface area contributed by atoms with E-state index in [0.717, 1.165) is 6.42 Å². The van der Waals surface area contributed by atoms with Crippen LogP contribution in [0.4, 0.5) is 0 Å². The summed E-state index contributed by atoms with van der Waals surface area (Å²) in [6.07, 6.45) is 3.52. The van der Waals surface area contributed by atoms with Gasteiger partial charge in [0.25, 0.3) is 0 Å². The Balaban J connectivity index is 4.95. The minimum Gasteiger partial charge on any atom is -0.370 e. The molecule has 0 aromatic rings. The number of nitrogens with two attached hydrogens (primary N) is 3. The van der Waals surface area contributed by atoms with E-state index in [1.807, 2.05) is 6.92 Å². The predicted octanol–water partition coefficient (Wildman–Crippen LogP) is -1.81. The van der Waals surface area contributed by atoms with E-state index in [-0.39, 0.29) is 11.9 Å². The second-order valence-electron chi connectivity index (χ2n) is 7.58. The molecule has 0 heterocycles. The molecule has 3 atom stereocenters. The molecule has 0 aliphatic heterocycles. The molecule has 0 rings (SSSR count). The van der Waals surface area contributed by atoms with Gasteiger partial charge >= 0.3 is 0 Å². The van der Waals surface area contributed by atoms with E-state index in [0.29, 0.717) is 51.7 Å². The number of nitrogens with zero attached hydrogens (tertiary/aromatic N) is 1. The Bertz CT molecular complexity index is 637. The molecule has 4 amide bonds. The summed E-state index contributed by atoms with van der Waals surface area (Å²) in [4.78, 5) is 52.7. The highest BCUT2D eigenvalue weighted by Crippen LogP contribution is 2.03. The number of aliphatic imine (C=N–C) groups is 1. The minimum atomic E-state index is -0.897. The van der Waals surface area contributed by atoms with Gasteiger partial charge in [0.05, 0.1) is 6.04 Å². The number of unbranched alkanes of at least 4 members (excludes halogenated alkanes) is 1. The van der Waals surface area contributed by atoms with Crippen molar-refractivity contribution in [2.45, 2.75) is 77.4 Å². The van der Waals surface area contributed by atoms with E-state index in [9.17, 15) is 19.2 Å². The molecule has 0 spiro atoms. The maximum Gasteiger partial charge on any atom is 0.249 e. The molecule has 0 aliphatic carbocycles. The third-order valence-electron chi connectivity index (χ3n) is 4.53. The Labute approximate surface area is 189 Å². The van der Waals surface area contributed by atoms with Gasteiger partial charge in [-0.05, 0) is 58.5 Å². The van der Waals surface area contributed by atoms with Gasteiger partial charge in [-0.15, -0.1) is 0 Å². The Morgan fingerprint density at radius 1 is 0.906 bits per heavy atom. The molecule has 184 valence electrons. The first-order chi connectivity index (χ1) is 15.1. The number of hydrogen-bond donors (Lipinski definition) is 7. The molecule has 0 saturated carbocycles. The van der Waals surface area contributed by atoms with Gasteiger partial charge < -0.3 is 33.2 Å². The number of guanidine groups is 1.